The Morgan fingerprint density at radius 1 is 0.400 bits per heavy atom. The van der Waals surface area contributed by atoms with E-state index in [1.165, 1.54) is 120 Å². The summed E-state index contributed by atoms with van der Waals surface area (Å²) in [7, 11) is 0. The molecule has 0 radical (unpaired) electrons. The van der Waals surface area contributed by atoms with E-state index in [1.54, 1.807) is 0 Å². The SMILES string of the molecule is CCCCCCCCc1cc2ccc3c4ccc5c(ccc6cc(CCCCCCCC)oc65)c4ccc3c2o1. The van der Waals surface area contributed by atoms with Crippen LogP contribution in [0.3, 0.4) is 0 Å². The van der Waals surface area contributed by atoms with Crippen molar-refractivity contribution in [2.24, 2.45) is 0 Å². The summed E-state index contributed by atoms with van der Waals surface area (Å²) < 4.78 is 12.9. The van der Waals surface area contributed by atoms with Crippen LogP contribution in [0.5, 0.6) is 0 Å². The molecule has 0 bridgehead atoms. The molecule has 2 heterocycles. The van der Waals surface area contributed by atoms with Gasteiger partial charge in [-0.15, -0.1) is 0 Å². The molecule has 0 fully saturated rings. The third-order valence-corrected chi connectivity index (χ3v) is 8.81. The van der Waals surface area contributed by atoms with Crippen LogP contribution in [-0.4, -0.2) is 0 Å². The largest absolute Gasteiger partial charge is 0.460 e. The topological polar surface area (TPSA) is 26.3 Å². The van der Waals surface area contributed by atoms with E-state index in [2.05, 4.69) is 74.5 Å². The van der Waals surface area contributed by atoms with E-state index in [0.717, 1.165) is 35.5 Å². The van der Waals surface area contributed by atoms with E-state index in [1.807, 2.05) is 0 Å². The second-order valence-corrected chi connectivity index (χ2v) is 11.8. The Bertz CT molecular complexity index is 1600. The van der Waals surface area contributed by atoms with Crippen LogP contribution in [0, 0.1) is 0 Å². The molecule has 0 spiro atoms. The van der Waals surface area contributed by atoms with E-state index in [0.29, 0.717) is 0 Å². The van der Waals surface area contributed by atoms with Gasteiger partial charge in [0, 0.05) is 34.4 Å². The van der Waals surface area contributed by atoms with Crippen LogP contribution in [0.2, 0.25) is 0 Å². The van der Waals surface area contributed by atoms with Gasteiger partial charge in [0.1, 0.15) is 22.7 Å². The second-order valence-electron chi connectivity index (χ2n) is 11.8. The molecule has 0 saturated carbocycles. The Balaban J connectivity index is 1.26. The lowest BCUT2D eigenvalue weighted by atomic mass is 9.95. The maximum absolute atomic E-state index is 6.45. The van der Waals surface area contributed by atoms with Gasteiger partial charge in [0.2, 0.25) is 0 Å². The van der Waals surface area contributed by atoms with Crippen molar-refractivity contribution in [3.8, 4) is 0 Å². The maximum atomic E-state index is 6.45. The molecule has 0 aliphatic carbocycles. The van der Waals surface area contributed by atoms with Gasteiger partial charge in [-0.3, -0.25) is 0 Å². The van der Waals surface area contributed by atoms with Crippen molar-refractivity contribution >= 4 is 54.3 Å². The highest BCUT2D eigenvalue weighted by molar-refractivity contribution is 6.23. The molecule has 2 aromatic heterocycles. The van der Waals surface area contributed by atoms with Crippen molar-refractivity contribution in [2.75, 3.05) is 0 Å². The lowest BCUT2D eigenvalue weighted by molar-refractivity contribution is 0.523. The number of unbranched alkanes of at least 4 members (excludes halogenated alkanes) is 10. The highest BCUT2D eigenvalue weighted by atomic mass is 16.3. The summed E-state index contributed by atoms with van der Waals surface area (Å²) in [6.45, 7) is 4.55. The van der Waals surface area contributed by atoms with Gasteiger partial charge in [0.25, 0.3) is 0 Å². The van der Waals surface area contributed by atoms with Crippen molar-refractivity contribution in [1.29, 1.82) is 0 Å². The Labute approximate surface area is 238 Å². The van der Waals surface area contributed by atoms with Crippen LogP contribution in [-0.2, 0) is 12.8 Å². The Kier molecular flexibility index (Phi) is 8.42. The molecule has 0 N–H and O–H groups in total. The average Bonchev–Trinajstić information content (AvgIpc) is 3.60. The van der Waals surface area contributed by atoms with Crippen molar-refractivity contribution < 1.29 is 8.83 Å². The van der Waals surface area contributed by atoms with E-state index in [9.17, 15) is 0 Å². The first-order valence-corrected chi connectivity index (χ1v) is 16.0. The van der Waals surface area contributed by atoms with Crippen molar-refractivity contribution in [3.63, 3.8) is 0 Å². The molecule has 0 aliphatic rings. The van der Waals surface area contributed by atoms with Gasteiger partial charge >= 0.3 is 0 Å². The minimum atomic E-state index is 1.03. The van der Waals surface area contributed by atoms with Crippen LogP contribution in [0.1, 0.15) is 102 Å². The smallest absolute Gasteiger partial charge is 0.142 e. The molecule has 6 rings (SSSR count). The lowest BCUT2D eigenvalue weighted by Crippen LogP contribution is -1.83. The summed E-state index contributed by atoms with van der Waals surface area (Å²) in [5.41, 5.74) is 2.06. The van der Waals surface area contributed by atoms with Gasteiger partial charge in [-0.05, 0) is 58.7 Å². The summed E-state index contributed by atoms with van der Waals surface area (Å²) in [5, 5.41) is 9.91. The Morgan fingerprint density at radius 2 is 0.750 bits per heavy atom. The van der Waals surface area contributed by atoms with Gasteiger partial charge in [0.05, 0.1) is 0 Å². The van der Waals surface area contributed by atoms with Crippen molar-refractivity contribution in [3.05, 3.63) is 72.2 Å². The van der Waals surface area contributed by atoms with Gasteiger partial charge in [0.15, 0.2) is 0 Å². The molecule has 0 atom stereocenters. The summed E-state index contributed by atoms with van der Waals surface area (Å²) >= 11 is 0. The van der Waals surface area contributed by atoms with Crippen LogP contribution in [0.15, 0.2) is 69.5 Å². The molecule has 0 aliphatic heterocycles. The number of hydrogen-bond acceptors (Lipinski definition) is 2. The fraction of sp³-hybridized carbons (Fsp3) is 0.421. The van der Waals surface area contributed by atoms with E-state index < -0.39 is 0 Å². The zero-order chi connectivity index (χ0) is 27.3. The van der Waals surface area contributed by atoms with E-state index >= 15 is 0 Å². The Hall–Kier alpha value is -3.26. The third kappa shape index (κ3) is 5.51. The summed E-state index contributed by atoms with van der Waals surface area (Å²) in [6, 6.07) is 22.6. The number of benzene rings is 4. The van der Waals surface area contributed by atoms with Crippen LogP contribution in [0.25, 0.3) is 54.3 Å². The first-order chi connectivity index (χ1) is 19.8. The molecular weight excluding hydrogens is 488 g/mol. The third-order valence-electron chi connectivity index (χ3n) is 8.81. The number of fused-ring (bicyclic) bond motifs is 9. The molecule has 6 aromatic rings. The van der Waals surface area contributed by atoms with Crippen molar-refractivity contribution in [2.45, 2.75) is 104 Å². The molecule has 0 saturated heterocycles. The minimum absolute atomic E-state index is 1.03. The average molecular weight is 533 g/mol. The monoisotopic (exact) mass is 532 g/mol. The molecule has 0 amide bonds. The molecule has 0 unspecified atom stereocenters. The van der Waals surface area contributed by atoms with Crippen LogP contribution >= 0.6 is 0 Å². The first kappa shape index (κ1) is 26.9. The molecule has 2 heteroatoms. The zero-order valence-corrected chi connectivity index (χ0v) is 24.5. The van der Waals surface area contributed by atoms with Crippen LogP contribution in [0.4, 0.5) is 0 Å². The predicted molar refractivity (Wildman–Crippen MR) is 173 cm³/mol. The highest BCUT2D eigenvalue weighted by Gasteiger charge is 2.14. The number of aryl methyl sites for hydroxylation is 2. The normalized spacial score (nSPS) is 12.2. The van der Waals surface area contributed by atoms with Crippen molar-refractivity contribution in [1.82, 2.24) is 0 Å². The Morgan fingerprint density at radius 3 is 1.20 bits per heavy atom. The summed E-state index contributed by atoms with van der Waals surface area (Å²) in [4.78, 5) is 0. The van der Waals surface area contributed by atoms with E-state index in [4.69, 9.17) is 8.83 Å². The fourth-order valence-electron chi connectivity index (χ4n) is 6.54. The molecular formula is C38H44O2. The number of hydrogen-bond donors (Lipinski definition) is 0. The van der Waals surface area contributed by atoms with Crippen LogP contribution < -0.4 is 0 Å². The maximum Gasteiger partial charge on any atom is 0.142 e. The predicted octanol–water partition coefficient (Wildman–Crippen LogP) is 12.4. The standard InChI is InChI=1S/C38H44O2/c1-3-5-7-9-11-13-15-29-25-27-17-19-33-31-22-24-36-34(32(31)21-23-35(33)37(27)39-29)20-18-28-26-30(40-38(28)36)16-14-12-10-8-6-4-2/h17-26H,3-16H2,1-2H3. The minimum Gasteiger partial charge on any atom is -0.460 e. The lowest BCUT2D eigenvalue weighted by Gasteiger charge is -2.08. The van der Waals surface area contributed by atoms with Gasteiger partial charge in [-0.2, -0.15) is 0 Å². The first-order valence-electron chi connectivity index (χ1n) is 16.0. The number of rotatable bonds is 14. The fourth-order valence-corrected chi connectivity index (χ4v) is 6.54. The molecule has 40 heavy (non-hydrogen) atoms. The summed E-state index contributed by atoms with van der Waals surface area (Å²) in [6.07, 6.45) is 17.7. The van der Waals surface area contributed by atoms with Gasteiger partial charge in [-0.1, -0.05) is 114 Å². The highest BCUT2D eigenvalue weighted by Crippen LogP contribution is 2.38. The van der Waals surface area contributed by atoms with Gasteiger partial charge in [-0.25, -0.2) is 0 Å². The number of furan rings is 2. The molecule has 2 nitrogen and oxygen atoms in total. The van der Waals surface area contributed by atoms with E-state index in [-0.39, 0.29) is 0 Å². The second kappa shape index (κ2) is 12.5. The molecule has 208 valence electrons. The van der Waals surface area contributed by atoms with Gasteiger partial charge < -0.3 is 8.83 Å². The molecule has 4 aromatic carbocycles. The zero-order valence-electron chi connectivity index (χ0n) is 24.5. The quantitative estimate of drug-likeness (QED) is 0.103. The summed E-state index contributed by atoms with van der Waals surface area (Å²) in [5.74, 6) is 2.24.